The van der Waals surface area contributed by atoms with E-state index >= 15 is 4.39 Å². The Hall–Kier alpha value is -5.51. The van der Waals surface area contributed by atoms with Crippen LogP contribution in [0.15, 0.2) is 84.2 Å². The van der Waals surface area contributed by atoms with E-state index < -0.39 is 5.82 Å². The molecule has 0 aliphatic carbocycles. The summed E-state index contributed by atoms with van der Waals surface area (Å²) in [7, 11) is 3.05. The molecule has 3 aromatic carbocycles. The third-order valence-electron chi connectivity index (χ3n) is 7.17. The number of aromatic nitrogens is 4. The smallest absolute Gasteiger partial charge is 0.230 e. The van der Waals surface area contributed by atoms with Gasteiger partial charge in [0.15, 0.2) is 23.1 Å². The van der Waals surface area contributed by atoms with Gasteiger partial charge in [0, 0.05) is 42.3 Å². The Morgan fingerprint density at radius 2 is 1.74 bits per heavy atom. The van der Waals surface area contributed by atoms with Gasteiger partial charge >= 0.3 is 0 Å². The second kappa shape index (κ2) is 11.4. The molecule has 6 rings (SSSR count). The number of fused-ring (bicyclic) bond motifs is 2. The molecule has 3 heterocycles. The normalized spacial score (nSPS) is 11.1. The number of rotatable bonds is 8. The van der Waals surface area contributed by atoms with Crippen LogP contribution in [0.2, 0.25) is 0 Å². The zero-order valence-electron chi connectivity index (χ0n) is 24.0. The highest BCUT2D eigenvalue weighted by Gasteiger charge is 2.17. The highest BCUT2D eigenvalue weighted by molar-refractivity contribution is 5.94. The fourth-order valence-corrected chi connectivity index (χ4v) is 5.05. The number of nitrogens with one attached hydrogen (secondary N) is 1. The number of nitrogens with zero attached hydrogens (tertiary/aromatic N) is 4. The van der Waals surface area contributed by atoms with Crippen LogP contribution in [0.3, 0.4) is 0 Å². The monoisotopic (exact) mass is 577 g/mol. The van der Waals surface area contributed by atoms with Gasteiger partial charge in [0.05, 0.1) is 36.0 Å². The van der Waals surface area contributed by atoms with Crippen molar-refractivity contribution >= 4 is 33.3 Å². The number of methoxy groups -OCH3 is 2. The van der Waals surface area contributed by atoms with E-state index in [1.807, 2.05) is 48.9 Å². The molecule has 0 spiro atoms. The van der Waals surface area contributed by atoms with Crippen LogP contribution in [0.5, 0.6) is 23.1 Å². The molecule has 0 saturated carbocycles. The summed E-state index contributed by atoms with van der Waals surface area (Å²) in [6, 6.07) is 17.4. The molecule has 6 aromatic rings. The standard InChI is InChI=1S/C33H28FN5O4/c1-5-39-17-23(20-8-6-7-19(2)13-20)31(40)30-26(39)11-12-35-32(30)38-21-9-10-27(24(34)14-21)43-33-22-15-28(41-3)29(42-4)16-25(22)36-18-37-33/h6-18H,5H2,1-4H3,(H,35,38). The van der Waals surface area contributed by atoms with Crippen LogP contribution >= 0.6 is 0 Å². The van der Waals surface area contributed by atoms with Gasteiger partial charge in [-0.2, -0.15) is 0 Å². The number of aryl methyl sites for hydroxylation is 2. The Balaban J connectivity index is 1.36. The van der Waals surface area contributed by atoms with Gasteiger partial charge in [0.1, 0.15) is 12.1 Å². The molecule has 43 heavy (non-hydrogen) atoms. The fraction of sp³-hybridized carbons (Fsp3) is 0.152. The maximum absolute atomic E-state index is 15.4. The minimum absolute atomic E-state index is 0.0405. The van der Waals surface area contributed by atoms with Crippen molar-refractivity contribution in [3.05, 3.63) is 101 Å². The van der Waals surface area contributed by atoms with Crippen LogP contribution in [0.4, 0.5) is 15.9 Å². The first-order chi connectivity index (χ1) is 20.9. The Morgan fingerprint density at radius 3 is 2.49 bits per heavy atom. The van der Waals surface area contributed by atoms with E-state index in [-0.39, 0.29) is 17.1 Å². The van der Waals surface area contributed by atoms with Gasteiger partial charge in [0.2, 0.25) is 11.3 Å². The first-order valence-corrected chi connectivity index (χ1v) is 13.6. The molecular formula is C33H28FN5O4. The summed E-state index contributed by atoms with van der Waals surface area (Å²) < 4.78 is 34.0. The largest absolute Gasteiger partial charge is 0.493 e. The highest BCUT2D eigenvalue weighted by atomic mass is 19.1. The van der Waals surface area contributed by atoms with Crippen molar-refractivity contribution in [1.82, 2.24) is 19.5 Å². The molecule has 0 bridgehead atoms. The Bertz CT molecular complexity index is 2060. The number of anilines is 2. The summed E-state index contributed by atoms with van der Waals surface area (Å²) in [5.41, 5.74) is 3.95. The van der Waals surface area contributed by atoms with E-state index in [4.69, 9.17) is 14.2 Å². The molecule has 0 aliphatic heterocycles. The number of halogens is 1. The number of hydrogen-bond acceptors (Lipinski definition) is 8. The molecule has 10 heteroatoms. The SMILES string of the molecule is CCn1cc(-c2cccc(C)c2)c(=O)c2c(Nc3ccc(Oc4ncnc5cc(OC)c(OC)cc45)c(F)c3)nccc21. The number of pyridine rings is 2. The van der Waals surface area contributed by atoms with E-state index in [9.17, 15) is 4.79 Å². The van der Waals surface area contributed by atoms with Crippen LogP contribution in [0.1, 0.15) is 12.5 Å². The third-order valence-corrected chi connectivity index (χ3v) is 7.17. The first kappa shape index (κ1) is 27.6. The maximum atomic E-state index is 15.4. The van der Waals surface area contributed by atoms with E-state index in [0.717, 1.165) is 16.6 Å². The second-order valence-corrected chi connectivity index (χ2v) is 9.86. The van der Waals surface area contributed by atoms with Gasteiger partial charge in [0.25, 0.3) is 0 Å². The summed E-state index contributed by atoms with van der Waals surface area (Å²) in [4.78, 5) is 26.7. The van der Waals surface area contributed by atoms with Crippen molar-refractivity contribution in [3.63, 3.8) is 0 Å². The van der Waals surface area contributed by atoms with Crippen molar-refractivity contribution in [2.24, 2.45) is 0 Å². The molecule has 0 aliphatic rings. The predicted molar refractivity (Wildman–Crippen MR) is 164 cm³/mol. The van der Waals surface area contributed by atoms with E-state index in [0.29, 0.717) is 51.4 Å². The van der Waals surface area contributed by atoms with Gasteiger partial charge in [-0.05, 0) is 43.7 Å². The minimum atomic E-state index is -0.635. The van der Waals surface area contributed by atoms with Gasteiger partial charge in [-0.25, -0.2) is 19.3 Å². The highest BCUT2D eigenvalue weighted by Crippen LogP contribution is 2.37. The summed E-state index contributed by atoms with van der Waals surface area (Å²) in [5.74, 6) is 0.773. The van der Waals surface area contributed by atoms with Crippen LogP contribution in [-0.2, 0) is 6.54 Å². The van der Waals surface area contributed by atoms with Crippen molar-refractivity contribution in [3.8, 4) is 34.3 Å². The zero-order valence-corrected chi connectivity index (χ0v) is 24.0. The molecule has 0 saturated heterocycles. The Morgan fingerprint density at radius 1 is 0.930 bits per heavy atom. The van der Waals surface area contributed by atoms with Crippen molar-refractivity contribution < 1.29 is 18.6 Å². The van der Waals surface area contributed by atoms with Crippen LogP contribution in [0, 0.1) is 12.7 Å². The van der Waals surface area contributed by atoms with E-state index in [1.54, 1.807) is 30.5 Å². The molecule has 9 nitrogen and oxygen atoms in total. The summed E-state index contributed by atoms with van der Waals surface area (Å²) in [6.45, 7) is 4.65. The van der Waals surface area contributed by atoms with Crippen LogP contribution in [-0.4, -0.2) is 33.7 Å². The lowest BCUT2D eigenvalue weighted by molar-refractivity contribution is 0.355. The van der Waals surface area contributed by atoms with Crippen molar-refractivity contribution in [2.75, 3.05) is 19.5 Å². The summed E-state index contributed by atoms with van der Waals surface area (Å²) in [5, 5.41) is 4.09. The Kier molecular flexibility index (Phi) is 7.33. The van der Waals surface area contributed by atoms with Gasteiger partial charge in [-0.3, -0.25) is 4.79 Å². The topological polar surface area (TPSA) is 100 Å². The van der Waals surface area contributed by atoms with Gasteiger partial charge < -0.3 is 24.1 Å². The number of benzene rings is 3. The molecule has 0 amide bonds. The second-order valence-electron chi connectivity index (χ2n) is 9.86. The quantitative estimate of drug-likeness (QED) is 0.206. The molecule has 0 unspecified atom stereocenters. The summed E-state index contributed by atoms with van der Waals surface area (Å²) in [6.07, 6.45) is 4.83. The van der Waals surface area contributed by atoms with E-state index in [1.165, 1.54) is 32.7 Å². The lowest BCUT2D eigenvalue weighted by atomic mass is 10.0. The predicted octanol–water partition coefficient (Wildman–Crippen LogP) is 7.03. The third kappa shape index (κ3) is 5.19. The van der Waals surface area contributed by atoms with Crippen molar-refractivity contribution in [1.29, 1.82) is 0 Å². The molecule has 0 atom stereocenters. The number of hydrogen-bond donors (Lipinski definition) is 1. The minimum Gasteiger partial charge on any atom is -0.493 e. The zero-order chi connectivity index (χ0) is 30.1. The van der Waals surface area contributed by atoms with Gasteiger partial charge in [-0.15, -0.1) is 0 Å². The fourth-order valence-electron chi connectivity index (χ4n) is 5.05. The lowest BCUT2D eigenvalue weighted by Gasteiger charge is -2.15. The van der Waals surface area contributed by atoms with Crippen LogP contribution in [0.25, 0.3) is 32.9 Å². The molecule has 216 valence electrons. The molecule has 0 radical (unpaired) electrons. The van der Waals surface area contributed by atoms with E-state index in [2.05, 4.69) is 20.3 Å². The molecular weight excluding hydrogens is 549 g/mol. The number of ether oxygens (including phenoxy) is 3. The first-order valence-electron chi connectivity index (χ1n) is 13.6. The lowest BCUT2D eigenvalue weighted by Crippen LogP contribution is -2.14. The Labute approximate surface area is 246 Å². The van der Waals surface area contributed by atoms with Crippen LogP contribution < -0.4 is 25.0 Å². The van der Waals surface area contributed by atoms with Crippen molar-refractivity contribution in [2.45, 2.75) is 20.4 Å². The summed E-state index contributed by atoms with van der Waals surface area (Å²) >= 11 is 0. The maximum Gasteiger partial charge on any atom is 0.230 e. The average Bonchev–Trinajstić information content (AvgIpc) is 3.02. The average molecular weight is 578 g/mol. The molecule has 0 fully saturated rings. The molecule has 3 aromatic heterocycles. The molecule has 1 N–H and O–H groups in total. The van der Waals surface area contributed by atoms with Gasteiger partial charge in [-0.1, -0.05) is 29.8 Å².